The number of carbonyl (C=O) groups excluding carboxylic acids is 1. The normalized spacial score (nSPS) is 11.5. The van der Waals surface area contributed by atoms with Gasteiger partial charge in [0.15, 0.2) is 0 Å². The number of alkyl halides is 3. The number of hydrogen-bond donors (Lipinski definition) is 2. The minimum absolute atomic E-state index is 0.135. The van der Waals surface area contributed by atoms with Crippen molar-refractivity contribution in [3.63, 3.8) is 0 Å². The molecule has 0 unspecified atom stereocenters. The minimum atomic E-state index is -4.59. The van der Waals surface area contributed by atoms with Crippen molar-refractivity contribution in [2.24, 2.45) is 0 Å². The zero-order valence-corrected chi connectivity index (χ0v) is 8.37. The molecule has 1 heterocycles. The molecule has 0 aromatic carbocycles. The molecule has 0 atom stereocenters. The van der Waals surface area contributed by atoms with Crippen molar-refractivity contribution in [1.29, 1.82) is 0 Å². The summed E-state index contributed by atoms with van der Waals surface area (Å²) >= 11 is 1.24. The Hall–Kier alpha value is -1.25. The molecular formula is C6H7F3N4OS. The molecule has 0 saturated heterocycles. The number of anilines is 1. The van der Waals surface area contributed by atoms with Gasteiger partial charge in [-0.1, -0.05) is 0 Å². The highest BCUT2D eigenvalue weighted by Gasteiger charge is 2.35. The summed E-state index contributed by atoms with van der Waals surface area (Å²) in [4.78, 5) is 14.0. The molecular weight excluding hydrogens is 233 g/mol. The lowest BCUT2D eigenvalue weighted by molar-refractivity contribution is -0.144. The van der Waals surface area contributed by atoms with E-state index in [0.29, 0.717) is 0 Å². The summed E-state index contributed by atoms with van der Waals surface area (Å²) in [5, 5.41) is 7.02. The lowest BCUT2D eigenvalue weighted by atomic mass is 10.6. The van der Waals surface area contributed by atoms with E-state index in [0.717, 1.165) is 0 Å². The number of thioether (sulfide) groups is 1. The average molecular weight is 240 g/mol. The Kier molecular flexibility index (Phi) is 3.56. The molecule has 2 N–H and O–H groups in total. The number of aromatic nitrogens is 3. The Labute approximate surface area is 86.8 Å². The zero-order chi connectivity index (χ0) is 11.5. The van der Waals surface area contributed by atoms with E-state index in [2.05, 4.69) is 15.4 Å². The number of amides is 1. The maximum absolute atomic E-state index is 12.0. The third kappa shape index (κ3) is 3.42. The van der Waals surface area contributed by atoms with Gasteiger partial charge in [0.2, 0.25) is 17.7 Å². The van der Waals surface area contributed by atoms with Crippen LogP contribution in [0.1, 0.15) is 5.82 Å². The number of halogens is 3. The highest BCUT2D eigenvalue weighted by atomic mass is 32.2. The maximum atomic E-state index is 12.0. The highest BCUT2D eigenvalue weighted by molar-refractivity contribution is 7.99. The standard InChI is InChI=1S/C6H7F3N4OS/c1-15-2-3(14)10-5-11-4(12-13-5)6(7,8)9/h2H2,1H3,(H2,10,11,12,13,14). The second kappa shape index (κ2) is 4.51. The first-order valence-corrected chi connectivity index (χ1v) is 5.11. The van der Waals surface area contributed by atoms with E-state index < -0.39 is 17.9 Å². The molecule has 0 saturated carbocycles. The van der Waals surface area contributed by atoms with Crippen molar-refractivity contribution in [1.82, 2.24) is 15.2 Å². The van der Waals surface area contributed by atoms with Crippen LogP contribution in [-0.4, -0.2) is 33.1 Å². The van der Waals surface area contributed by atoms with Crippen LogP contribution in [0, 0.1) is 0 Å². The third-order valence-corrected chi connectivity index (χ3v) is 1.83. The number of aromatic amines is 1. The molecule has 0 bridgehead atoms. The summed E-state index contributed by atoms with van der Waals surface area (Å²) in [5.41, 5.74) is 0. The Balaban J connectivity index is 2.65. The maximum Gasteiger partial charge on any atom is 0.451 e. The number of hydrogen-bond acceptors (Lipinski definition) is 4. The summed E-state index contributed by atoms with van der Waals surface area (Å²) in [5.74, 6) is -1.92. The molecule has 15 heavy (non-hydrogen) atoms. The van der Waals surface area contributed by atoms with Crippen molar-refractivity contribution < 1.29 is 18.0 Å². The zero-order valence-electron chi connectivity index (χ0n) is 7.55. The highest BCUT2D eigenvalue weighted by Crippen LogP contribution is 2.26. The lowest BCUT2D eigenvalue weighted by Crippen LogP contribution is -2.15. The first kappa shape index (κ1) is 11.8. The van der Waals surface area contributed by atoms with Crippen LogP contribution < -0.4 is 5.32 Å². The number of H-pyrrole nitrogens is 1. The van der Waals surface area contributed by atoms with E-state index in [9.17, 15) is 18.0 Å². The summed E-state index contributed by atoms with van der Waals surface area (Å²) in [7, 11) is 0. The largest absolute Gasteiger partial charge is 0.451 e. The van der Waals surface area contributed by atoms with Gasteiger partial charge >= 0.3 is 6.18 Å². The molecule has 9 heteroatoms. The third-order valence-electron chi connectivity index (χ3n) is 1.28. The smallest absolute Gasteiger partial charge is 0.293 e. The molecule has 0 aliphatic rings. The SMILES string of the molecule is CSCC(=O)Nc1n[nH]c(C(F)(F)F)n1. The van der Waals surface area contributed by atoms with E-state index in [1.54, 1.807) is 11.4 Å². The van der Waals surface area contributed by atoms with Crippen molar-refractivity contribution in [2.45, 2.75) is 6.18 Å². The van der Waals surface area contributed by atoms with Crippen LogP contribution in [-0.2, 0) is 11.0 Å². The molecule has 0 radical (unpaired) electrons. The summed E-state index contributed by atoms with van der Waals surface area (Å²) in [6.45, 7) is 0. The van der Waals surface area contributed by atoms with Gasteiger partial charge < -0.3 is 0 Å². The van der Waals surface area contributed by atoms with Gasteiger partial charge in [-0.05, 0) is 6.26 Å². The molecule has 84 valence electrons. The van der Waals surface area contributed by atoms with Crippen LogP contribution in [0.5, 0.6) is 0 Å². The van der Waals surface area contributed by atoms with E-state index in [4.69, 9.17) is 0 Å². The number of rotatable bonds is 3. The van der Waals surface area contributed by atoms with Gasteiger partial charge in [0.05, 0.1) is 5.75 Å². The lowest BCUT2D eigenvalue weighted by Gasteiger charge is -1.99. The molecule has 1 rings (SSSR count). The number of nitrogens with zero attached hydrogens (tertiary/aromatic N) is 2. The summed E-state index contributed by atoms with van der Waals surface area (Å²) in [6, 6.07) is 0. The monoisotopic (exact) mass is 240 g/mol. The number of nitrogens with one attached hydrogen (secondary N) is 2. The molecule has 0 fully saturated rings. The van der Waals surface area contributed by atoms with Crippen LogP contribution in [0.3, 0.4) is 0 Å². The summed E-state index contributed by atoms with van der Waals surface area (Å²) in [6.07, 6.45) is -2.89. The van der Waals surface area contributed by atoms with E-state index in [1.165, 1.54) is 11.8 Å². The van der Waals surface area contributed by atoms with Crippen molar-refractivity contribution in [2.75, 3.05) is 17.3 Å². The fourth-order valence-electron chi connectivity index (χ4n) is 0.736. The number of carbonyl (C=O) groups is 1. The predicted octanol–water partition coefficient (Wildman–Crippen LogP) is 1.12. The molecule has 1 aromatic heterocycles. The Morgan fingerprint density at radius 2 is 2.27 bits per heavy atom. The van der Waals surface area contributed by atoms with Crippen LogP contribution in [0.15, 0.2) is 0 Å². The quantitative estimate of drug-likeness (QED) is 0.830. The van der Waals surface area contributed by atoms with Gasteiger partial charge in [0.25, 0.3) is 0 Å². The molecule has 1 aromatic rings. The topological polar surface area (TPSA) is 70.7 Å². The van der Waals surface area contributed by atoms with Crippen LogP contribution in [0.2, 0.25) is 0 Å². The molecule has 0 aliphatic carbocycles. The predicted molar refractivity (Wildman–Crippen MR) is 48.4 cm³/mol. The molecule has 5 nitrogen and oxygen atoms in total. The van der Waals surface area contributed by atoms with Gasteiger partial charge in [-0.15, -0.1) is 5.10 Å². The summed E-state index contributed by atoms with van der Waals surface area (Å²) < 4.78 is 36.1. The van der Waals surface area contributed by atoms with Crippen molar-refractivity contribution >= 4 is 23.6 Å². The first-order valence-electron chi connectivity index (χ1n) is 3.72. The van der Waals surface area contributed by atoms with Crippen molar-refractivity contribution in [3.05, 3.63) is 5.82 Å². The van der Waals surface area contributed by atoms with Crippen molar-refractivity contribution in [3.8, 4) is 0 Å². The first-order chi connectivity index (χ1) is 6.93. The van der Waals surface area contributed by atoms with E-state index in [1.807, 2.05) is 0 Å². The van der Waals surface area contributed by atoms with Crippen LogP contribution in [0.4, 0.5) is 19.1 Å². The fraction of sp³-hybridized carbons (Fsp3) is 0.500. The van der Waals surface area contributed by atoms with Gasteiger partial charge in [-0.25, -0.2) is 0 Å². The average Bonchev–Trinajstić information content (AvgIpc) is 2.52. The molecule has 1 amide bonds. The van der Waals surface area contributed by atoms with Gasteiger partial charge in [-0.2, -0.15) is 29.9 Å². The minimum Gasteiger partial charge on any atom is -0.293 e. The van der Waals surface area contributed by atoms with E-state index in [-0.39, 0.29) is 11.7 Å². The Morgan fingerprint density at radius 3 is 2.73 bits per heavy atom. The second-order valence-corrected chi connectivity index (χ2v) is 3.35. The Bertz CT molecular complexity index is 350. The second-order valence-electron chi connectivity index (χ2n) is 2.49. The van der Waals surface area contributed by atoms with Crippen LogP contribution in [0.25, 0.3) is 0 Å². The van der Waals surface area contributed by atoms with Crippen LogP contribution >= 0.6 is 11.8 Å². The van der Waals surface area contributed by atoms with Gasteiger partial charge in [-0.3, -0.25) is 15.2 Å². The van der Waals surface area contributed by atoms with Gasteiger partial charge in [0, 0.05) is 0 Å². The van der Waals surface area contributed by atoms with E-state index >= 15 is 0 Å². The Morgan fingerprint density at radius 1 is 1.60 bits per heavy atom. The molecule has 0 aliphatic heterocycles. The van der Waals surface area contributed by atoms with Gasteiger partial charge in [0.1, 0.15) is 0 Å². The molecule has 0 spiro atoms. The fourth-order valence-corrected chi connectivity index (χ4v) is 1.07.